The molecule has 1 N–H and O–H groups in total. The van der Waals surface area contributed by atoms with Crippen LogP contribution in [-0.2, 0) is 32.7 Å². The number of halogens is 3. The third-order valence-corrected chi connectivity index (χ3v) is 11.0. The Labute approximate surface area is 282 Å². The molecule has 0 fully saturated rings. The molecule has 244 valence electrons. The van der Waals surface area contributed by atoms with Crippen molar-refractivity contribution < 1.29 is 32.2 Å². The molecule has 3 aromatic rings. The smallest absolute Gasteiger partial charge is 0.303 e. The first-order valence-electron chi connectivity index (χ1n) is 15.5. The Hall–Kier alpha value is -2.80. The van der Waals surface area contributed by atoms with Crippen LogP contribution in [0.25, 0.3) is 16.6 Å². The van der Waals surface area contributed by atoms with E-state index in [4.69, 9.17) is 44.6 Å². The lowest BCUT2D eigenvalue weighted by Crippen LogP contribution is -2.46. The zero-order chi connectivity index (χ0) is 32.3. The maximum Gasteiger partial charge on any atom is 0.303 e. The lowest BCUT2D eigenvalue weighted by molar-refractivity contribution is -0.675. The number of ether oxygens (including phenoxy) is 1. The molecule has 4 aliphatic heterocycles. The van der Waals surface area contributed by atoms with Crippen LogP contribution in [0.1, 0.15) is 50.8 Å². The number of hydrogen-bond acceptors (Lipinski definition) is 7. The van der Waals surface area contributed by atoms with Crippen molar-refractivity contribution in [2.24, 2.45) is 0 Å². The second-order valence-electron chi connectivity index (χ2n) is 12.2. The Bertz CT molecular complexity index is 1920. The predicted octanol–water partition coefficient (Wildman–Crippen LogP) is 5.97. The summed E-state index contributed by atoms with van der Waals surface area (Å²) in [6.07, 6.45) is 6.05. The van der Waals surface area contributed by atoms with E-state index in [0.717, 1.165) is 77.4 Å². The number of carboxylic acids is 1. The molecule has 2 aromatic carbocycles. The molecule has 1 aromatic heterocycles. The summed E-state index contributed by atoms with van der Waals surface area (Å²) in [5.74, 6) is 0.673. The van der Waals surface area contributed by atoms with E-state index >= 15 is 0 Å². The minimum atomic E-state index is -4.38. The molecule has 2 unspecified atom stereocenters. The zero-order valence-corrected chi connectivity index (χ0v) is 28.0. The molecule has 0 spiro atoms. The number of benzene rings is 2. The summed E-state index contributed by atoms with van der Waals surface area (Å²) in [6.45, 7) is 2.46. The molecule has 46 heavy (non-hydrogen) atoms. The van der Waals surface area contributed by atoms with E-state index in [0.29, 0.717) is 41.1 Å². The van der Waals surface area contributed by atoms with Crippen molar-refractivity contribution in [1.82, 2.24) is 4.57 Å². The van der Waals surface area contributed by atoms with Crippen molar-refractivity contribution in [1.29, 1.82) is 0 Å². The molecule has 0 aliphatic carbocycles. The summed E-state index contributed by atoms with van der Waals surface area (Å²) in [6, 6.07) is 9.56. The van der Waals surface area contributed by atoms with Gasteiger partial charge in [0.25, 0.3) is 5.82 Å². The van der Waals surface area contributed by atoms with E-state index in [1.54, 1.807) is 6.07 Å². The van der Waals surface area contributed by atoms with E-state index in [-0.39, 0.29) is 25.0 Å². The molecule has 10 nitrogen and oxygen atoms in total. The molecule has 5 heterocycles. The van der Waals surface area contributed by atoms with Gasteiger partial charge in [0, 0.05) is 48.3 Å². The van der Waals surface area contributed by atoms with Crippen LogP contribution in [0.3, 0.4) is 0 Å². The average molecular weight is 708 g/mol. The summed E-state index contributed by atoms with van der Waals surface area (Å²) < 4.78 is 46.0. The highest BCUT2D eigenvalue weighted by Gasteiger charge is 2.46. The molecule has 0 bridgehead atoms. The molecule has 0 amide bonds. The number of carbonyl (C=O) groups is 1. The quantitative estimate of drug-likeness (QED) is 0.156. The molecule has 2 atom stereocenters. The van der Waals surface area contributed by atoms with E-state index in [1.807, 2.05) is 29.2 Å². The number of aromatic nitrogens is 2. The van der Waals surface area contributed by atoms with Gasteiger partial charge in [0.1, 0.15) is 5.82 Å². The Morgan fingerprint density at radius 3 is 2.52 bits per heavy atom. The van der Waals surface area contributed by atoms with E-state index < -0.39 is 21.8 Å². The second kappa shape index (κ2) is 12.3. The second-order valence-corrected chi connectivity index (χ2v) is 15.0. The van der Waals surface area contributed by atoms with Crippen LogP contribution in [0, 0.1) is 0 Å². The normalized spacial score (nSPS) is 20.3. The van der Waals surface area contributed by atoms with Gasteiger partial charge >= 0.3 is 5.97 Å². The van der Waals surface area contributed by atoms with Crippen LogP contribution in [0.5, 0.6) is 0 Å². The van der Waals surface area contributed by atoms with Gasteiger partial charge < -0.3 is 24.2 Å². The number of carboxylic acid groups (broad SMARTS) is 1. The lowest BCUT2D eigenvalue weighted by Gasteiger charge is -2.40. The summed E-state index contributed by atoms with van der Waals surface area (Å²) in [7, 11) is -4.38. The van der Waals surface area contributed by atoms with Crippen LogP contribution >= 0.6 is 34.8 Å². The number of fused-ring (bicyclic) bond motifs is 9. The van der Waals surface area contributed by atoms with Crippen molar-refractivity contribution in [3.05, 3.63) is 68.7 Å². The summed E-state index contributed by atoms with van der Waals surface area (Å²) in [4.78, 5) is 15.3. The minimum absolute atomic E-state index is 0.113. The highest BCUT2D eigenvalue weighted by Crippen LogP contribution is 2.51. The molecular weight excluding hydrogens is 675 g/mol. The Morgan fingerprint density at radius 2 is 1.76 bits per heavy atom. The Balaban J connectivity index is 1.34. The van der Waals surface area contributed by atoms with Gasteiger partial charge in [-0.2, -0.15) is 0 Å². The van der Waals surface area contributed by atoms with Crippen molar-refractivity contribution >= 4 is 78.9 Å². The fourth-order valence-electron chi connectivity index (χ4n) is 7.35. The van der Waals surface area contributed by atoms with Crippen LogP contribution in [-0.4, -0.2) is 59.7 Å². The molecule has 0 radical (unpaired) electrons. The third-order valence-electron chi connectivity index (χ3n) is 9.27. The summed E-state index contributed by atoms with van der Waals surface area (Å²) >= 11 is 19.4. The van der Waals surface area contributed by atoms with Gasteiger partial charge in [0.05, 0.1) is 62.4 Å². The lowest BCUT2D eigenvalue weighted by atomic mass is 9.90. The van der Waals surface area contributed by atoms with Gasteiger partial charge in [-0.1, -0.05) is 34.8 Å². The molecule has 4 aliphatic rings. The zero-order valence-electron chi connectivity index (χ0n) is 24.9. The number of nitrogens with zero attached hydrogens (tertiary/aromatic N) is 4. The van der Waals surface area contributed by atoms with Gasteiger partial charge in [-0.25, -0.2) is 17.6 Å². The number of hydrogen-bond donors (Lipinski definition) is 1. The number of anilines is 2. The van der Waals surface area contributed by atoms with Crippen LogP contribution in [0.4, 0.5) is 11.4 Å². The Morgan fingerprint density at radius 1 is 1.00 bits per heavy atom. The maximum atomic E-state index is 11.5. The monoisotopic (exact) mass is 706 g/mol. The molecule has 7 rings (SSSR count). The number of imidazole rings is 1. The van der Waals surface area contributed by atoms with E-state index in [9.17, 15) is 17.8 Å². The number of rotatable bonds is 10. The van der Waals surface area contributed by atoms with Crippen LogP contribution < -0.4 is 14.4 Å². The molecule has 0 saturated heterocycles. The molecular formula is C32H33Cl3N4O6S. The Kier molecular flexibility index (Phi) is 8.52. The predicted molar refractivity (Wildman–Crippen MR) is 176 cm³/mol. The number of unbranched alkanes of at least 4 members (excludes halogenated alkanes) is 2. The highest BCUT2D eigenvalue weighted by molar-refractivity contribution is 7.85. The van der Waals surface area contributed by atoms with E-state index in [2.05, 4.69) is 20.1 Å². The fraction of sp³-hybridized carbons (Fsp3) is 0.438. The topological polar surface area (TPSA) is 119 Å². The van der Waals surface area contributed by atoms with Gasteiger partial charge in [-0.05, 0) is 62.4 Å². The third kappa shape index (κ3) is 5.79. The first kappa shape index (κ1) is 31.8. The molecule has 14 heteroatoms. The summed E-state index contributed by atoms with van der Waals surface area (Å²) in [5, 5.41) is 10.6. The minimum Gasteiger partial charge on any atom is -0.748 e. The van der Waals surface area contributed by atoms with Gasteiger partial charge in [-0.15, -0.1) is 0 Å². The van der Waals surface area contributed by atoms with Crippen molar-refractivity contribution in [3.63, 3.8) is 0 Å². The van der Waals surface area contributed by atoms with Crippen molar-refractivity contribution in [3.8, 4) is 0 Å². The van der Waals surface area contributed by atoms with Crippen LogP contribution in [0.2, 0.25) is 15.1 Å². The highest BCUT2D eigenvalue weighted by atomic mass is 35.5. The van der Waals surface area contributed by atoms with Gasteiger partial charge in [-0.3, -0.25) is 4.79 Å². The van der Waals surface area contributed by atoms with E-state index in [1.165, 1.54) is 0 Å². The van der Waals surface area contributed by atoms with Crippen LogP contribution in [0.15, 0.2) is 47.8 Å². The number of aliphatic carboxylic acids is 1. The largest absolute Gasteiger partial charge is 0.748 e. The van der Waals surface area contributed by atoms with Crippen molar-refractivity contribution in [2.45, 2.75) is 70.2 Å². The first-order valence-corrected chi connectivity index (χ1v) is 18.2. The van der Waals surface area contributed by atoms with Crippen molar-refractivity contribution in [2.75, 3.05) is 28.6 Å². The fourth-order valence-corrected chi connectivity index (χ4v) is 8.32. The first-order chi connectivity index (χ1) is 22.0. The summed E-state index contributed by atoms with van der Waals surface area (Å²) in [5.41, 5.74) is 5.82. The standard InChI is InChI=1S/C32H33Cl3N4O6S/c33-19-6-7-24-25(15-19)38-12-8-28-20(31(38)36(24)10-3-1-2-5-30(40)41)16-21-29(45-28)9-13-39-27-18-23(35)22(34)17-26(27)37(32(21)39)11-4-14-46(42,43)44/h6-7,15-18,28-29H,1-5,8-14H2,(H-,40,41,42,43,44). The number of aryl methyl sites for hydroxylation is 2. The maximum absolute atomic E-state index is 11.5. The average Bonchev–Trinajstić information content (AvgIpc) is 3.47. The SMILES string of the molecule is O=C(O)CCCCC[n+]1c2n(c3cc(Cl)ccc31)CCC1OC3CCN4C(=C3C=C21)N(CCCS(=O)(=O)[O-])c1cc(Cl)c(Cl)cc14. The molecule has 0 saturated carbocycles. The van der Waals surface area contributed by atoms with Gasteiger partial charge in [0.15, 0.2) is 11.0 Å². The van der Waals surface area contributed by atoms with Gasteiger partial charge in [0.2, 0.25) is 0 Å².